The molecule has 2 atom stereocenters. The minimum Gasteiger partial charge on any atom is -0.465 e. The van der Waals surface area contributed by atoms with E-state index < -0.39 is 12.0 Å². The third kappa shape index (κ3) is 2.11. The second-order valence-corrected chi connectivity index (χ2v) is 3.46. The largest absolute Gasteiger partial charge is 0.465 e. The number of primary amides is 1. The summed E-state index contributed by atoms with van der Waals surface area (Å²) in [6.45, 7) is 2.08. The van der Waals surface area contributed by atoms with Crippen molar-refractivity contribution in [1.29, 1.82) is 0 Å². The molecule has 1 aliphatic rings. The molecule has 1 heterocycles. The van der Waals surface area contributed by atoms with Gasteiger partial charge in [-0.15, -0.1) is 0 Å². The van der Waals surface area contributed by atoms with E-state index in [1.807, 2.05) is 6.92 Å². The molecular weight excluding hydrogens is 172 g/mol. The van der Waals surface area contributed by atoms with Gasteiger partial charge >= 0.3 is 6.09 Å². The third-order valence-electron chi connectivity index (χ3n) is 2.53. The number of nitrogens with two attached hydrogens (primary N) is 1. The molecule has 5 heteroatoms. The Kier molecular flexibility index (Phi) is 2.75. The summed E-state index contributed by atoms with van der Waals surface area (Å²) in [5.41, 5.74) is 5.12. The molecule has 13 heavy (non-hydrogen) atoms. The number of piperidine rings is 1. The fourth-order valence-corrected chi connectivity index (χ4v) is 1.61. The SMILES string of the molecule is C[C@@H]1CC[C@@H](C(N)=O)CN1C(=O)O. The average molecular weight is 186 g/mol. The third-order valence-corrected chi connectivity index (χ3v) is 2.53. The van der Waals surface area contributed by atoms with Crippen LogP contribution in [0.1, 0.15) is 19.8 Å². The van der Waals surface area contributed by atoms with Gasteiger partial charge < -0.3 is 15.7 Å². The summed E-state index contributed by atoms with van der Waals surface area (Å²) < 4.78 is 0. The number of hydrogen-bond donors (Lipinski definition) is 2. The first kappa shape index (κ1) is 9.83. The van der Waals surface area contributed by atoms with E-state index in [2.05, 4.69) is 0 Å². The van der Waals surface area contributed by atoms with Gasteiger partial charge in [-0.2, -0.15) is 0 Å². The molecule has 0 aromatic rings. The Morgan fingerprint density at radius 1 is 1.46 bits per heavy atom. The molecule has 2 amide bonds. The van der Waals surface area contributed by atoms with Gasteiger partial charge in [0.25, 0.3) is 0 Å². The minimum absolute atomic E-state index is 0.00639. The second-order valence-electron chi connectivity index (χ2n) is 3.46. The molecule has 0 unspecified atom stereocenters. The average Bonchev–Trinajstić information content (AvgIpc) is 2.04. The van der Waals surface area contributed by atoms with Crippen molar-refractivity contribution in [2.45, 2.75) is 25.8 Å². The predicted molar refractivity (Wildman–Crippen MR) is 46.1 cm³/mol. The smallest absolute Gasteiger partial charge is 0.407 e. The fraction of sp³-hybridized carbons (Fsp3) is 0.750. The number of hydrogen-bond acceptors (Lipinski definition) is 2. The number of nitrogens with zero attached hydrogens (tertiary/aromatic N) is 1. The minimum atomic E-state index is -0.974. The Balaban J connectivity index is 2.63. The molecule has 74 valence electrons. The lowest BCUT2D eigenvalue weighted by molar-refractivity contribution is -0.123. The zero-order chi connectivity index (χ0) is 10.0. The maximum Gasteiger partial charge on any atom is 0.407 e. The summed E-state index contributed by atoms with van der Waals surface area (Å²) in [5, 5.41) is 8.78. The first-order chi connectivity index (χ1) is 6.02. The van der Waals surface area contributed by atoms with E-state index in [9.17, 15) is 9.59 Å². The van der Waals surface area contributed by atoms with Gasteiger partial charge in [0, 0.05) is 12.6 Å². The zero-order valence-corrected chi connectivity index (χ0v) is 7.56. The Morgan fingerprint density at radius 3 is 2.54 bits per heavy atom. The van der Waals surface area contributed by atoms with Crippen LogP contribution in [0.2, 0.25) is 0 Å². The van der Waals surface area contributed by atoms with Gasteiger partial charge in [0.15, 0.2) is 0 Å². The molecule has 0 radical (unpaired) electrons. The summed E-state index contributed by atoms with van der Waals surface area (Å²) in [5.74, 6) is -0.717. The standard InChI is InChI=1S/C8H14N2O3/c1-5-2-3-6(7(9)11)4-10(5)8(12)13/h5-6H,2-4H2,1H3,(H2,9,11)(H,12,13)/t5-,6-/m1/s1. The first-order valence-corrected chi connectivity index (χ1v) is 4.31. The van der Waals surface area contributed by atoms with E-state index in [0.717, 1.165) is 0 Å². The Morgan fingerprint density at radius 2 is 2.08 bits per heavy atom. The Labute approximate surface area is 76.5 Å². The van der Waals surface area contributed by atoms with E-state index in [1.165, 1.54) is 4.90 Å². The monoisotopic (exact) mass is 186 g/mol. The summed E-state index contributed by atoms with van der Waals surface area (Å²) in [4.78, 5) is 22.8. The molecule has 0 spiro atoms. The summed E-state index contributed by atoms with van der Waals surface area (Å²) >= 11 is 0. The lowest BCUT2D eigenvalue weighted by atomic mass is 9.93. The van der Waals surface area contributed by atoms with Crippen molar-refractivity contribution in [2.24, 2.45) is 11.7 Å². The van der Waals surface area contributed by atoms with E-state index in [-0.39, 0.29) is 18.5 Å². The number of amides is 2. The van der Waals surface area contributed by atoms with Crippen molar-refractivity contribution in [3.63, 3.8) is 0 Å². The van der Waals surface area contributed by atoms with Crippen LogP contribution >= 0.6 is 0 Å². The quantitative estimate of drug-likeness (QED) is 0.615. The number of carbonyl (C=O) groups excluding carboxylic acids is 1. The van der Waals surface area contributed by atoms with Gasteiger partial charge in [-0.25, -0.2) is 4.79 Å². The lowest BCUT2D eigenvalue weighted by Crippen LogP contribution is -2.48. The second kappa shape index (κ2) is 3.64. The Hall–Kier alpha value is -1.26. The number of rotatable bonds is 1. The van der Waals surface area contributed by atoms with E-state index in [1.54, 1.807) is 0 Å². The fourth-order valence-electron chi connectivity index (χ4n) is 1.61. The maximum absolute atomic E-state index is 10.8. The number of carbonyl (C=O) groups is 2. The zero-order valence-electron chi connectivity index (χ0n) is 7.56. The molecule has 1 aliphatic heterocycles. The molecular formula is C8H14N2O3. The van der Waals surface area contributed by atoms with Crippen molar-refractivity contribution in [1.82, 2.24) is 4.90 Å². The first-order valence-electron chi connectivity index (χ1n) is 4.31. The highest BCUT2D eigenvalue weighted by atomic mass is 16.4. The van der Waals surface area contributed by atoms with E-state index in [0.29, 0.717) is 12.8 Å². The van der Waals surface area contributed by atoms with Crippen LogP contribution in [0.15, 0.2) is 0 Å². The van der Waals surface area contributed by atoms with Crippen LogP contribution in [0.3, 0.4) is 0 Å². The summed E-state index contributed by atoms with van der Waals surface area (Å²) in [6.07, 6.45) is 0.429. The lowest BCUT2D eigenvalue weighted by Gasteiger charge is -2.34. The van der Waals surface area contributed by atoms with Crippen LogP contribution in [0.5, 0.6) is 0 Å². The molecule has 3 N–H and O–H groups in total. The highest BCUT2D eigenvalue weighted by molar-refractivity contribution is 5.78. The normalized spacial score (nSPS) is 28.5. The molecule has 1 saturated heterocycles. The van der Waals surface area contributed by atoms with E-state index in [4.69, 9.17) is 10.8 Å². The van der Waals surface area contributed by atoms with Crippen molar-refractivity contribution in [3.8, 4) is 0 Å². The van der Waals surface area contributed by atoms with Crippen LogP contribution in [0.25, 0.3) is 0 Å². The van der Waals surface area contributed by atoms with Crippen LogP contribution in [0, 0.1) is 5.92 Å². The number of carboxylic acid groups (broad SMARTS) is 1. The van der Waals surface area contributed by atoms with Crippen LogP contribution in [-0.2, 0) is 4.79 Å². The molecule has 0 aliphatic carbocycles. The van der Waals surface area contributed by atoms with Crippen molar-refractivity contribution in [2.75, 3.05) is 6.54 Å². The van der Waals surface area contributed by atoms with Crippen molar-refractivity contribution in [3.05, 3.63) is 0 Å². The maximum atomic E-state index is 10.8. The predicted octanol–water partition coefficient (Wildman–Crippen LogP) is 0.250. The molecule has 0 bridgehead atoms. The molecule has 0 saturated carbocycles. The summed E-state index contributed by atoms with van der Waals surface area (Å²) in [6, 6.07) is -0.00639. The highest BCUT2D eigenvalue weighted by Gasteiger charge is 2.31. The van der Waals surface area contributed by atoms with Crippen LogP contribution in [-0.4, -0.2) is 34.6 Å². The van der Waals surface area contributed by atoms with Crippen LogP contribution in [0.4, 0.5) is 4.79 Å². The van der Waals surface area contributed by atoms with Crippen molar-refractivity contribution < 1.29 is 14.7 Å². The van der Waals surface area contributed by atoms with Gasteiger partial charge in [-0.1, -0.05) is 0 Å². The van der Waals surface area contributed by atoms with Gasteiger partial charge in [-0.3, -0.25) is 4.79 Å². The van der Waals surface area contributed by atoms with Crippen molar-refractivity contribution >= 4 is 12.0 Å². The molecule has 0 aromatic carbocycles. The van der Waals surface area contributed by atoms with Gasteiger partial charge in [0.1, 0.15) is 0 Å². The van der Waals surface area contributed by atoms with E-state index >= 15 is 0 Å². The number of likely N-dealkylation sites (tertiary alicyclic amines) is 1. The van der Waals surface area contributed by atoms with Gasteiger partial charge in [-0.05, 0) is 19.8 Å². The molecule has 0 aromatic heterocycles. The van der Waals surface area contributed by atoms with Crippen LogP contribution < -0.4 is 5.73 Å². The molecule has 1 rings (SSSR count). The highest BCUT2D eigenvalue weighted by Crippen LogP contribution is 2.21. The Bertz CT molecular complexity index is 229. The van der Waals surface area contributed by atoms with Gasteiger partial charge in [0.05, 0.1) is 5.92 Å². The van der Waals surface area contributed by atoms with Gasteiger partial charge in [0.2, 0.25) is 5.91 Å². The topological polar surface area (TPSA) is 83.6 Å². The molecule has 5 nitrogen and oxygen atoms in total. The summed E-state index contributed by atoms with van der Waals surface area (Å²) in [7, 11) is 0. The molecule has 1 fully saturated rings.